The van der Waals surface area contributed by atoms with Crippen LogP contribution in [0, 0.1) is 0 Å². The Labute approximate surface area is 44.4 Å². The predicted molar refractivity (Wildman–Crippen MR) is 27.8 cm³/mol. The molecule has 0 rings (SSSR count). The Morgan fingerprint density at radius 2 is 2.00 bits per heavy atom. The van der Waals surface area contributed by atoms with Crippen molar-refractivity contribution in [1.82, 2.24) is 0 Å². The summed E-state index contributed by atoms with van der Waals surface area (Å²) in [4.78, 5) is 9.29. The van der Waals surface area contributed by atoms with E-state index in [0.29, 0.717) is 6.61 Å². The molecule has 0 aliphatic carbocycles. The molecule has 0 N–H and O–H groups in total. The van der Waals surface area contributed by atoms with Gasteiger partial charge in [0.1, 0.15) is 0 Å². The smallest absolute Gasteiger partial charge is 0.0873 e. The molecule has 0 aromatic rings. The first-order chi connectivity index (χ1) is 3.27. The van der Waals surface area contributed by atoms with Crippen molar-refractivity contribution in [3.05, 3.63) is 0 Å². The van der Waals surface area contributed by atoms with Crippen molar-refractivity contribution in [2.24, 2.45) is 0 Å². The van der Waals surface area contributed by atoms with E-state index in [1.807, 2.05) is 20.8 Å². The van der Waals surface area contributed by atoms with E-state index in [1.165, 1.54) is 0 Å². The highest BCUT2D eigenvalue weighted by Gasteiger charge is 1.88. The fourth-order valence-electron chi connectivity index (χ4n) is 0.204. The summed E-state index contributed by atoms with van der Waals surface area (Å²) in [6, 6.07) is 0. The van der Waals surface area contributed by atoms with E-state index in [2.05, 4.69) is 4.89 Å². The third-order valence-corrected chi connectivity index (χ3v) is 0.378. The average Bonchev–Trinajstić information content (AvgIpc) is 1.61. The highest BCUT2D eigenvalue weighted by molar-refractivity contribution is 4.25. The summed E-state index contributed by atoms with van der Waals surface area (Å²) in [6.45, 7) is 6.37. The van der Waals surface area contributed by atoms with Crippen LogP contribution in [0.5, 0.6) is 0 Å². The third-order valence-electron chi connectivity index (χ3n) is 0.378. The monoisotopic (exact) mass is 104 g/mol. The Kier molecular flexibility index (Phi) is 4.04. The van der Waals surface area contributed by atoms with E-state index in [0.717, 1.165) is 0 Å². The Balaban J connectivity index is 2.68. The van der Waals surface area contributed by atoms with Gasteiger partial charge in [-0.2, -0.15) is 0 Å². The summed E-state index contributed by atoms with van der Waals surface area (Å²) >= 11 is 0. The Bertz CT molecular complexity index is 35.1. The SMILES string of the molecule is CCOOC(C)C. The molecule has 0 spiro atoms. The van der Waals surface area contributed by atoms with Gasteiger partial charge in [0.2, 0.25) is 0 Å². The van der Waals surface area contributed by atoms with Gasteiger partial charge >= 0.3 is 0 Å². The predicted octanol–water partition coefficient (Wildman–Crippen LogP) is 1.36. The lowest BCUT2D eigenvalue weighted by molar-refractivity contribution is -0.313. The van der Waals surface area contributed by atoms with Crippen LogP contribution in [-0.4, -0.2) is 12.7 Å². The number of rotatable bonds is 3. The van der Waals surface area contributed by atoms with Gasteiger partial charge in [0, 0.05) is 0 Å². The Morgan fingerprint density at radius 1 is 1.43 bits per heavy atom. The maximum atomic E-state index is 4.69. The van der Waals surface area contributed by atoms with Crippen molar-refractivity contribution in [3.8, 4) is 0 Å². The van der Waals surface area contributed by atoms with E-state index >= 15 is 0 Å². The van der Waals surface area contributed by atoms with Crippen molar-refractivity contribution < 1.29 is 9.78 Å². The van der Waals surface area contributed by atoms with Gasteiger partial charge in [-0.1, -0.05) is 0 Å². The van der Waals surface area contributed by atoms with Crippen LogP contribution in [-0.2, 0) is 9.78 Å². The quantitative estimate of drug-likeness (QED) is 0.397. The fraction of sp³-hybridized carbons (Fsp3) is 1.00. The molecule has 0 bridgehead atoms. The molecule has 0 aliphatic heterocycles. The first kappa shape index (κ1) is 6.92. The second kappa shape index (κ2) is 4.09. The Hall–Kier alpha value is -0.0800. The third kappa shape index (κ3) is 5.92. The molecule has 2 heteroatoms. The fourth-order valence-corrected chi connectivity index (χ4v) is 0.204. The maximum absolute atomic E-state index is 4.69. The summed E-state index contributed by atoms with van der Waals surface area (Å²) in [5.74, 6) is 0. The highest BCUT2D eigenvalue weighted by atomic mass is 17.2. The topological polar surface area (TPSA) is 18.5 Å². The van der Waals surface area contributed by atoms with E-state index in [4.69, 9.17) is 4.89 Å². The van der Waals surface area contributed by atoms with Crippen molar-refractivity contribution in [1.29, 1.82) is 0 Å². The minimum atomic E-state index is 0.181. The molecule has 0 saturated heterocycles. The molecule has 0 saturated carbocycles. The highest BCUT2D eigenvalue weighted by Crippen LogP contribution is 1.86. The molecule has 0 aromatic carbocycles. The van der Waals surface area contributed by atoms with Gasteiger partial charge in [0.05, 0.1) is 12.7 Å². The minimum absolute atomic E-state index is 0.181. The average molecular weight is 104 g/mol. The maximum Gasteiger partial charge on any atom is 0.0873 e. The molecule has 0 radical (unpaired) electrons. The number of hydrogen-bond donors (Lipinski definition) is 0. The minimum Gasteiger partial charge on any atom is -0.237 e. The van der Waals surface area contributed by atoms with Crippen molar-refractivity contribution in [2.45, 2.75) is 26.9 Å². The van der Waals surface area contributed by atoms with Crippen LogP contribution in [0.3, 0.4) is 0 Å². The molecular weight excluding hydrogens is 92.1 g/mol. The standard InChI is InChI=1S/C5H12O2/c1-4-6-7-5(2)3/h5H,4H2,1-3H3. The molecule has 0 heterocycles. The molecule has 7 heavy (non-hydrogen) atoms. The summed E-state index contributed by atoms with van der Waals surface area (Å²) in [6.07, 6.45) is 0.181. The molecule has 0 amide bonds. The van der Waals surface area contributed by atoms with Gasteiger partial charge < -0.3 is 0 Å². The zero-order valence-corrected chi connectivity index (χ0v) is 5.10. The molecule has 0 aromatic heterocycles. The van der Waals surface area contributed by atoms with Gasteiger partial charge in [-0.05, 0) is 20.8 Å². The van der Waals surface area contributed by atoms with Crippen LogP contribution < -0.4 is 0 Å². The summed E-state index contributed by atoms with van der Waals surface area (Å²) in [5.41, 5.74) is 0. The van der Waals surface area contributed by atoms with E-state index < -0.39 is 0 Å². The summed E-state index contributed by atoms with van der Waals surface area (Å²) in [5, 5.41) is 0. The normalized spacial score (nSPS) is 10.3. The van der Waals surface area contributed by atoms with Crippen molar-refractivity contribution in [2.75, 3.05) is 6.61 Å². The second-order valence-corrected chi connectivity index (χ2v) is 1.55. The van der Waals surface area contributed by atoms with Crippen LogP contribution >= 0.6 is 0 Å². The number of hydrogen-bond acceptors (Lipinski definition) is 2. The molecule has 0 atom stereocenters. The second-order valence-electron chi connectivity index (χ2n) is 1.55. The summed E-state index contributed by atoms with van der Waals surface area (Å²) < 4.78 is 0. The largest absolute Gasteiger partial charge is 0.237 e. The van der Waals surface area contributed by atoms with Crippen molar-refractivity contribution >= 4 is 0 Å². The van der Waals surface area contributed by atoms with E-state index in [1.54, 1.807) is 0 Å². The molecule has 0 aliphatic rings. The van der Waals surface area contributed by atoms with E-state index in [-0.39, 0.29) is 6.10 Å². The molecule has 0 unspecified atom stereocenters. The lowest BCUT2D eigenvalue weighted by atomic mass is 10.5. The lowest BCUT2D eigenvalue weighted by Crippen LogP contribution is -2.02. The van der Waals surface area contributed by atoms with Gasteiger partial charge in [-0.25, -0.2) is 9.78 Å². The zero-order valence-electron chi connectivity index (χ0n) is 5.10. The first-order valence-corrected chi connectivity index (χ1v) is 2.55. The first-order valence-electron chi connectivity index (χ1n) is 2.55. The van der Waals surface area contributed by atoms with Crippen LogP contribution in [0.4, 0.5) is 0 Å². The summed E-state index contributed by atoms with van der Waals surface area (Å²) in [7, 11) is 0. The Morgan fingerprint density at radius 3 is 2.14 bits per heavy atom. The van der Waals surface area contributed by atoms with Gasteiger partial charge in [-0.15, -0.1) is 0 Å². The molecule has 44 valence electrons. The van der Waals surface area contributed by atoms with E-state index in [9.17, 15) is 0 Å². The molecule has 0 fully saturated rings. The van der Waals surface area contributed by atoms with Crippen LogP contribution in [0.1, 0.15) is 20.8 Å². The van der Waals surface area contributed by atoms with Crippen LogP contribution in [0.25, 0.3) is 0 Å². The van der Waals surface area contributed by atoms with Crippen molar-refractivity contribution in [3.63, 3.8) is 0 Å². The van der Waals surface area contributed by atoms with Gasteiger partial charge in [-0.3, -0.25) is 0 Å². The zero-order chi connectivity index (χ0) is 5.70. The van der Waals surface area contributed by atoms with Gasteiger partial charge in [0.15, 0.2) is 0 Å². The van der Waals surface area contributed by atoms with Crippen LogP contribution in [0.2, 0.25) is 0 Å². The lowest BCUT2D eigenvalue weighted by Gasteiger charge is -2.02. The van der Waals surface area contributed by atoms with Crippen LogP contribution in [0.15, 0.2) is 0 Å². The van der Waals surface area contributed by atoms with Gasteiger partial charge in [0.25, 0.3) is 0 Å². The molecular formula is C5H12O2. The molecule has 2 nitrogen and oxygen atoms in total.